The highest BCUT2D eigenvalue weighted by Crippen LogP contribution is 2.35. The Balaban J connectivity index is 2.00. The van der Waals surface area contributed by atoms with Crippen molar-refractivity contribution in [2.24, 2.45) is 0 Å². The Morgan fingerprint density at radius 3 is 2.57 bits per heavy atom. The first-order valence-corrected chi connectivity index (χ1v) is 9.13. The van der Waals surface area contributed by atoms with E-state index in [1.807, 2.05) is 0 Å². The normalized spacial score (nSPS) is 12.6. The van der Waals surface area contributed by atoms with E-state index >= 15 is 0 Å². The Hall–Kier alpha value is -3.14. The zero-order chi connectivity index (χ0) is 21.9. The molecule has 2 N–H and O–H groups in total. The van der Waals surface area contributed by atoms with Crippen molar-refractivity contribution in [2.45, 2.75) is 26.1 Å². The third-order valence-corrected chi connectivity index (χ3v) is 4.30. The van der Waals surface area contributed by atoms with E-state index in [4.69, 9.17) is 14.6 Å². The molecule has 0 spiro atoms. The van der Waals surface area contributed by atoms with Crippen LogP contribution in [-0.2, 0) is 6.18 Å². The SMILES string of the molecule is COc1cc2nc(C)nc(N[C@H](C)c3cccc(C(F)(F)F)n3)c2cc1OCCO. The van der Waals surface area contributed by atoms with Gasteiger partial charge in [-0.25, -0.2) is 15.0 Å². The standard InChI is InChI=1S/C20H21F3N4O3/c1-11(14-5-4-6-18(27-14)20(21,22)23)24-19-13-9-17(30-8-7-28)16(29-3)10-15(13)25-12(2)26-19/h4-6,9-11,28H,7-8H2,1-3H3,(H,24,25,26)/t11-/m1/s1. The van der Waals surface area contributed by atoms with Gasteiger partial charge in [0.05, 0.1) is 31.0 Å². The lowest BCUT2D eigenvalue weighted by Gasteiger charge is -2.18. The molecule has 0 unspecified atom stereocenters. The fourth-order valence-electron chi connectivity index (χ4n) is 2.92. The molecule has 1 aromatic carbocycles. The summed E-state index contributed by atoms with van der Waals surface area (Å²) >= 11 is 0. The first-order chi connectivity index (χ1) is 14.2. The topological polar surface area (TPSA) is 89.4 Å². The molecule has 0 aliphatic heterocycles. The number of hydrogen-bond acceptors (Lipinski definition) is 7. The van der Waals surface area contributed by atoms with Crippen molar-refractivity contribution in [3.8, 4) is 11.5 Å². The number of pyridine rings is 1. The summed E-state index contributed by atoms with van der Waals surface area (Å²) in [5, 5.41) is 12.7. The fourth-order valence-corrected chi connectivity index (χ4v) is 2.92. The van der Waals surface area contributed by atoms with E-state index in [0.717, 1.165) is 6.07 Å². The average Bonchev–Trinajstić information content (AvgIpc) is 2.71. The van der Waals surface area contributed by atoms with E-state index in [2.05, 4.69) is 20.3 Å². The molecule has 0 saturated heterocycles. The van der Waals surface area contributed by atoms with Gasteiger partial charge in [0.1, 0.15) is 23.9 Å². The Morgan fingerprint density at radius 1 is 1.13 bits per heavy atom. The van der Waals surface area contributed by atoms with Crippen LogP contribution in [-0.4, -0.2) is 40.4 Å². The molecule has 2 heterocycles. The van der Waals surface area contributed by atoms with E-state index in [9.17, 15) is 13.2 Å². The van der Waals surface area contributed by atoms with E-state index in [1.165, 1.54) is 19.2 Å². The number of hydrogen-bond donors (Lipinski definition) is 2. The summed E-state index contributed by atoms with van der Waals surface area (Å²) in [6, 6.07) is 6.54. The van der Waals surface area contributed by atoms with Crippen molar-refractivity contribution in [1.82, 2.24) is 15.0 Å². The summed E-state index contributed by atoms with van der Waals surface area (Å²) < 4.78 is 49.8. The molecular formula is C20H21F3N4O3. The number of fused-ring (bicyclic) bond motifs is 1. The number of halogens is 3. The summed E-state index contributed by atoms with van der Waals surface area (Å²) in [6.07, 6.45) is -4.52. The Bertz CT molecular complexity index is 1040. The second kappa shape index (κ2) is 8.70. The van der Waals surface area contributed by atoms with Crippen LogP contribution in [0.15, 0.2) is 30.3 Å². The van der Waals surface area contributed by atoms with Gasteiger partial charge in [0, 0.05) is 11.5 Å². The number of aliphatic hydroxyl groups is 1. The smallest absolute Gasteiger partial charge is 0.433 e. The third kappa shape index (κ3) is 4.70. The molecule has 10 heteroatoms. The number of nitrogens with zero attached hydrogens (tertiary/aromatic N) is 3. The maximum absolute atomic E-state index is 13.0. The van der Waals surface area contributed by atoms with Crippen LogP contribution < -0.4 is 14.8 Å². The van der Waals surface area contributed by atoms with Gasteiger partial charge in [-0.2, -0.15) is 13.2 Å². The number of aryl methyl sites for hydroxylation is 1. The number of aliphatic hydroxyl groups excluding tert-OH is 1. The minimum Gasteiger partial charge on any atom is -0.493 e. The van der Waals surface area contributed by atoms with Crippen LogP contribution in [0.3, 0.4) is 0 Å². The number of rotatable bonds is 7. The average molecular weight is 422 g/mol. The van der Waals surface area contributed by atoms with E-state index in [-0.39, 0.29) is 18.9 Å². The predicted molar refractivity (Wildman–Crippen MR) is 105 cm³/mol. The fraction of sp³-hybridized carbons (Fsp3) is 0.350. The summed E-state index contributed by atoms with van der Waals surface area (Å²) in [4.78, 5) is 12.5. The van der Waals surface area contributed by atoms with Crippen molar-refractivity contribution < 1.29 is 27.8 Å². The number of benzene rings is 1. The van der Waals surface area contributed by atoms with Crippen molar-refractivity contribution in [3.63, 3.8) is 0 Å². The minimum atomic E-state index is -4.52. The van der Waals surface area contributed by atoms with Crippen molar-refractivity contribution in [3.05, 3.63) is 47.5 Å². The summed E-state index contributed by atoms with van der Waals surface area (Å²) in [7, 11) is 1.49. The molecule has 0 amide bonds. The van der Waals surface area contributed by atoms with Crippen molar-refractivity contribution in [2.75, 3.05) is 25.6 Å². The van der Waals surface area contributed by atoms with Crippen molar-refractivity contribution in [1.29, 1.82) is 0 Å². The van der Waals surface area contributed by atoms with Crippen LogP contribution in [0.5, 0.6) is 11.5 Å². The monoisotopic (exact) mass is 422 g/mol. The molecule has 0 fully saturated rings. The third-order valence-electron chi connectivity index (χ3n) is 4.30. The highest BCUT2D eigenvalue weighted by atomic mass is 19.4. The highest BCUT2D eigenvalue weighted by Gasteiger charge is 2.32. The lowest BCUT2D eigenvalue weighted by Crippen LogP contribution is -2.14. The molecular weight excluding hydrogens is 401 g/mol. The second-order valence-electron chi connectivity index (χ2n) is 6.52. The van der Waals surface area contributed by atoms with Crippen LogP contribution in [0.4, 0.5) is 19.0 Å². The van der Waals surface area contributed by atoms with Gasteiger partial charge in [-0.05, 0) is 32.0 Å². The molecule has 0 aliphatic carbocycles. The zero-order valence-corrected chi connectivity index (χ0v) is 16.6. The van der Waals surface area contributed by atoms with Gasteiger partial charge in [0.15, 0.2) is 11.5 Å². The van der Waals surface area contributed by atoms with Crippen LogP contribution in [0.2, 0.25) is 0 Å². The van der Waals surface area contributed by atoms with Gasteiger partial charge in [-0.15, -0.1) is 0 Å². The molecule has 160 valence electrons. The molecule has 2 aromatic heterocycles. The van der Waals surface area contributed by atoms with Gasteiger partial charge in [0.25, 0.3) is 0 Å². The molecule has 0 saturated carbocycles. The first kappa shape index (κ1) is 21.6. The minimum absolute atomic E-state index is 0.0713. The number of anilines is 1. The van der Waals surface area contributed by atoms with Crippen LogP contribution in [0, 0.1) is 6.92 Å². The van der Waals surface area contributed by atoms with Gasteiger partial charge in [-0.3, -0.25) is 0 Å². The maximum atomic E-state index is 13.0. The Kier molecular flexibility index (Phi) is 6.25. The van der Waals surface area contributed by atoms with Crippen LogP contribution in [0.1, 0.15) is 30.2 Å². The number of methoxy groups -OCH3 is 1. The van der Waals surface area contributed by atoms with Crippen molar-refractivity contribution >= 4 is 16.7 Å². The quantitative estimate of drug-likeness (QED) is 0.597. The number of alkyl halides is 3. The molecule has 0 bridgehead atoms. The Labute approximate surface area is 170 Å². The van der Waals surface area contributed by atoms with Crippen LogP contribution >= 0.6 is 0 Å². The Morgan fingerprint density at radius 2 is 1.90 bits per heavy atom. The lowest BCUT2D eigenvalue weighted by molar-refractivity contribution is -0.141. The number of ether oxygens (including phenoxy) is 2. The molecule has 3 aromatic rings. The number of nitrogens with one attached hydrogen (secondary N) is 1. The largest absolute Gasteiger partial charge is 0.493 e. The molecule has 7 nitrogen and oxygen atoms in total. The van der Waals surface area contributed by atoms with Gasteiger partial charge >= 0.3 is 6.18 Å². The lowest BCUT2D eigenvalue weighted by atomic mass is 10.1. The summed E-state index contributed by atoms with van der Waals surface area (Å²) in [5.41, 5.74) is -0.163. The zero-order valence-electron chi connectivity index (χ0n) is 16.6. The van der Waals surface area contributed by atoms with Gasteiger partial charge < -0.3 is 19.9 Å². The predicted octanol–water partition coefficient (Wildman–Crippen LogP) is 3.90. The highest BCUT2D eigenvalue weighted by molar-refractivity contribution is 5.92. The number of aromatic nitrogens is 3. The van der Waals surface area contributed by atoms with E-state index < -0.39 is 17.9 Å². The molecule has 30 heavy (non-hydrogen) atoms. The summed E-state index contributed by atoms with van der Waals surface area (Å²) in [5.74, 6) is 1.72. The first-order valence-electron chi connectivity index (χ1n) is 9.13. The van der Waals surface area contributed by atoms with Gasteiger partial charge in [-0.1, -0.05) is 6.07 Å². The molecule has 1 atom stereocenters. The van der Waals surface area contributed by atoms with Crippen LogP contribution in [0.25, 0.3) is 10.9 Å². The van der Waals surface area contributed by atoms with E-state index in [1.54, 1.807) is 26.0 Å². The van der Waals surface area contributed by atoms with E-state index in [0.29, 0.717) is 34.0 Å². The van der Waals surface area contributed by atoms with Gasteiger partial charge in [0.2, 0.25) is 0 Å². The molecule has 0 radical (unpaired) electrons. The second-order valence-corrected chi connectivity index (χ2v) is 6.52. The molecule has 3 rings (SSSR count). The molecule has 0 aliphatic rings. The maximum Gasteiger partial charge on any atom is 0.433 e. The summed E-state index contributed by atoms with van der Waals surface area (Å²) in [6.45, 7) is 3.30.